The van der Waals surface area contributed by atoms with Crippen LogP contribution in [0.4, 0.5) is 11.4 Å². The summed E-state index contributed by atoms with van der Waals surface area (Å²) in [6.45, 7) is 1.48. The van der Waals surface area contributed by atoms with Crippen molar-refractivity contribution in [2.24, 2.45) is 0 Å². The normalized spacial score (nSPS) is 18.1. The lowest BCUT2D eigenvalue weighted by molar-refractivity contribution is -0.385. The number of benzene rings is 2. The fourth-order valence-corrected chi connectivity index (χ4v) is 2.71. The third-order valence-electron chi connectivity index (χ3n) is 4.23. The molecular weight excluding hydrogens is 428 g/mol. The van der Waals surface area contributed by atoms with Crippen LogP contribution in [0.1, 0.15) is 0 Å². The summed E-state index contributed by atoms with van der Waals surface area (Å²) >= 11 is 0. The van der Waals surface area contributed by atoms with E-state index in [0.29, 0.717) is 24.7 Å². The molecule has 0 amide bonds. The van der Waals surface area contributed by atoms with Gasteiger partial charge < -0.3 is 28.4 Å². The molecule has 0 saturated carbocycles. The molecule has 1 aliphatic rings. The molecule has 0 aliphatic carbocycles. The molecule has 0 N–H and O–H groups in total. The van der Waals surface area contributed by atoms with E-state index in [1.54, 1.807) is 0 Å². The fraction of sp³-hybridized carbons (Fsp3) is 0.400. The molecule has 32 heavy (non-hydrogen) atoms. The van der Waals surface area contributed by atoms with Crippen molar-refractivity contribution in [1.29, 1.82) is 0 Å². The number of nitrogens with zero attached hydrogens (tertiary/aromatic N) is 2. The number of hydrogen-bond donors (Lipinski definition) is 0. The Morgan fingerprint density at radius 2 is 1.06 bits per heavy atom. The predicted octanol–water partition coefficient (Wildman–Crippen LogP) is 2.69. The van der Waals surface area contributed by atoms with E-state index >= 15 is 0 Å². The van der Waals surface area contributed by atoms with Crippen molar-refractivity contribution >= 4 is 11.4 Å². The average molecular weight is 450 g/mol. The smallest absolute Gasteiger partial charge is 0.269 e. The predicted molar refractivity (Wildman–Crippen MR) is 109 cm³/mol. The van der Waals surface area contributed by atoms with Gasteiger partial charge >= 0.3 is 0 Å². The summed E-state index contributed by atoms with van der Waals surface area (Å²) in [6, 6.07) is 11.5. The van der Waals surface area contributed by atoms with E-state index in [0.717, 1.165) is 0 Å². The van der Waals surface area contributed by atoms with E-state index in [4.69, 9.17) is 28.4 Å². The Kier molecular flexibility index (Phi) is 8.69. The van der Waals surface area contributed by atoms with Gasteiger partial charge in [0.15, 0.2) is 0 Å². The molecule has 172 valence electrons. The highest BCUT2D eigenvalue weighted by Crippen LogP contribution is 2.19. The Bertz CT molecular complexity index is 801. The maximum atomic E-state index is 10.7. The van der Waals surface area contributed by atoms with E-state index in [1.165, 1.54) is 48.5 Å². The van der Waals surface area contributed by atoms with Crippen LogP contribution in [0.2, 0.25) is 0 Å². The van der Waals surface area contributed by atoms with Gasteiger partial charge in [0.05, 0.1) is 36.3 Å². The van der Waals surface area contributed by atoms with Crippen LogP contribution in [-0.2, 0) is 18.9 Å². The quantitative estimate of drug-likeness (QED) is 0.269. The van der Waals surface area contributed by atoms with Crippen LogP contribution in [0.3, 0.4) is 0 Å². The second-order valence-electron chi connectivity index (χ2n) is 6.42. The molecule has 1 aliphatic heterocycles. The van der Waals surface area contributed by atoms with Crippen molar-refractivity contribution in [3.05, 3.63) is 68.8 Å². The van der Waals surface area contributed by atoms with Crippen molar-refractivity contribution in [2.45, 2.75) is 12.6 Å². The van der Waals surface area contributed by atoms with Crippen molar-refractivity contribution < 1.29 is 38.3 Å². The monoisotopic (exact) mass is 450 g/mol. The molecule has 0 unspecified atom stereocenters. The van der Waals surface area contributed by atoms with Gasteiger partial charge in [-0.25, -0.2) is 0 Å². The number of rotatable bonds is 12. The van der Waals surface area contributed by atoms with E-state index in [-0.39, 0.29) is 37.8 Å². The highest BCUT2D eigenvalue weighted by Gasteiger charge is 2.28. The molecule has 0 bridgehead atoms. The Hall–Kier alpha value is -3.32. The van der Waals surface area contributed by atoms with E-state index in [1.807, 2.05) is 0 Å². The van der Waals surface area contributed by atoms with E-state index < -0.39 is 22.4 Å². The van der Waals surface area contributed by atoms with Crippen molar-refractivity contribution in [3.63, 3.8) is 0 Å². The molecule has 0 aromatic heterocycles. The van der Waals surface area contributed by atoms with Crippen LogP contribution in [0.25, 0.3) is 0 Å². The lowest BCUT2D eigenvalue weighted by Crippen LogP contribution is -2.43. The maximum absolute atomic E-state index is 10.7. The third-order valence-corrected chi connectivity index (χ3v) is 4.23. The maximum Gasteiger partial charge on any atom is 0.269 e. The van der Waals surface area contributed by atoms with Crippen molar-refractivity contribution in [1.82, 2.24) is 0 Å². The first kappa shape index (κ1) is 23.3. The minimum atomic E-state index is -0.747. The first-order chi connectivity index (χ1) is 15.5. The Balaban J connectivity index is 1.34. The van der Waals surface area contributed by atoms with Gasteiger partial charge in [-0.15, -0.1) is 0 Å². The van der Waals surface area contributed by atoms with E-state index in [2.05, 4.69) is 0 Å². The van der Waals surface area contributed by atoms with Gasteiger partial charge in [-0.1, -0.05) is 0 Å². The molecule has 1 fully saturated rings. The van der Waals surface area contributed by atoms with Gasteiger partial charge in [-0.3, -0.25) is 20.2 Å². The molecular formula is C20H22N2O10. The zero-order valence-corrected chi connectivity index (χ0v) is 17.0. The van der Waals surface area contributed by atoms with Gasteiger partial charge in [-0.2, -0.15) is 0 Å². The zero-order chi connectivity index (χ0) is 22.8. The Morgan fingerprint density at radius 3 is 1.41 bits per heavy atom. The van der Waals surface area contributed by atoms with E-state index in [9.17, 15) is 20.2 Å². The summed E-state index contributed by atoms with van der Waals surface area (Å²) < 4.78 is 33.3. The van der Waals surface area contributed by atoms with Gasteiger partial charge in [0, 0.05) is 24.3 Å². The first-order valence-electron chi connectivity index (χ1n) is 9.74. The minimum Gasteiger partial charge on any atom is -0.491 e. The van der Waals surface area contributed by atoms with Gasteiger partial charge in [0.25, 0.3) is 11.4 Å². The van der Waals surface area contributed by atoms with Crippen LogP contribution in [0.5, 0.6) is 11.5 Å². The highest BCUT2D eigenvalue weighted by molar-refractivity contribution is 5.36. The minimum absolute atomic E-state index is 0.0149. The van der Waals surface area contributed by atoms with Gasteiger partial charge in [-0.05, 0) is 24.3 Å². The standard InChI is InChI=1S/C20H22N2O10/c23-21(24)15-1-5-17(6-2-15)27-9-11-29-19-20(32-14-13-31-19)30-12-10-28-18-7-3-16(4-8-18)22(25)26/h1-8,19-20H,9-14H2/t19-,20-/m0/s1. The lowest BCUT2D eigenvalue weighted by atomic mass is 10.3. The third kappa shape index (κ3) is 7.13. The summed E-state index contributed by atoms with van der Waals surface area (Å²) in [4.78, 5) is 20.3. The molecule has 1 heterocycles. The summed E-state index contributed by atoms with van der Waals surface area (Å²) in [5.41, 5.74) is -0.0298. The number of nitro benzene ring substituents is 2. The van der Waals surface area contributed by atoms with Crippen molar-refractivity contribution in [3.8, 4) is 11.5 Å². The van der Waals surface area contributed by atoms with Crippen LogP contribution < -0.4 is 9.47 Å². The number of non-ortho nitro benzene ring substituents is 2. The number of hydrogen-bond acceptors (Lipinski definition) is 10. The molecule has 2 aromatic carbocycles. The van der Waals surface area contributed by atoms with Crippen LogP contribution in [0, 0.1) is 20.2 Å². The summed E-state index contributed by atoms with van der Waals surface area (Å²) in [6.07, 6.45) is -1.49. The van der Waals surface area contributed by atoms with Gasteiger partial charge in [0.2, 0.25) is 12.6 Å². The summed E-state index contributed by atoms with van der Waals surface area (Å²) in [5.74, 6) is 0.965. The second kappa shape index (κ2) is 11.9. The molecule has 1 saturated heterocycles. The lowest BCUT2D eigenvalue weighted by Gasteiger charge is -2.31. The molecule has 12 nitrogen and oxygen atoms in total. The summed E-state index contributed by atoms with van der Waals surface area (Å²) in [7, 11) is 0. The average Bonchev–Trinajstić information content (AvgIpc) is 2.81. The highest BCUT2D eigenvalue weighted by atomic mass is 16.8. The van der Waals surface area contributed by atoms with Crippen LogP contribution in [-0.4, -0.2) is 62.1 Å². The first-order valence-corrected chi connectivity index (χ1v) is 9.74. The SMILES string of the molecule is O=[N+]([O-])c1ccc(OCCO[C@H]2OCCO[C@@H]2OCCOc2ccc([N+](=O)[O-])cc2)cc1. The Morgan fingerprint density at radius 1 is 0.688 bits per heavy atom. The molecule has 0 spiro atoms. The van der Waals surface area contributed by atoms with Crippen molar-refractivity contribution in [2.75, 3.05) is 39.6 Å². The zero-order valence-electron chi connectivity index (χ0n) is 17.0. The van der Waals surface area contributed by atoms with Gasteiger partial charge in [0.1, 0.15) is 24.7 Å². The van der Waals surface area contributed by atoms with Crippen LogP contribution in [0.15, 0.2) is 48.5 Å². The molecule has 3 rings (SSSR count). The molecule has 2 aromatic rings. The number of nitro groups is 2. The largest absolute Gasteiger partial charge is 0.491 e. The summed E-state index contributed by atoms with van der Waals surface area (Å²) in [5, 5.41) is 21.3. The molecule has 2 atom stereocenters. The topological polar surface area (TPSA) is 142 Å². The Labute approximate surface area is 182 Å². The second-order valence-corrected chi connectivity index (χ2v) is 6.42. The molecule has 12 heteroatoms. The number of ether oxygens (including phenoxy) is 6. The molecule has 0 radical (unpaired) electrons. The van der Waals surface area contributed by atoms with Crippen LogP contribution >= 0.6 is 0 Å². The fourth-order valence-electron chi connectivity index (χ4n) is 2.71.